The van der Waals surface area contributed by atoms with Crippen LogP contribution in [0.4, 0.5) is 0 Å². The fourth-order valence-corrected chi connectivity index (χ4v) is 11.7. The molecule has 2 aromatic carbocycles. The van der Waals surface area contributed by atoms with Crippen molar-refractivity contribution in [2.24, 2.45) is 0 Å². The Morgan fingerprint density at radius 3 is 2.14 bits per heavy atom. The van der Waals surface area contributed by atoms with Crippen LogP contribution < -0.4 is 4.74 Å². The SMILES string of the molecule is CCO[C@@H](CCO[Si](C(C)C)(C(C)C)C(C)C)c1ccc(OCc2ccc(Cl)c(-c3ccc(C(=O)OC)nc3)c2)cc1. The second-order valence-corrected chi connectivity index (χ2v) is 17.4. The van der Waals surface area contributed by atoms with E-state index in [4.69, 9.17) is 30.2 Å². The smallest absolute Gasteiger partial charge is 0.356 e. The molecule has 6 nitrogen and oxygen atoms in total. The predicted molar refractivity (Wildman–Crippen MR) is 173 cm³/mol. The Balaban J connectivity index is 1.65. The van der Waals surface area contributed by atoms with Crippen LogP contribution in [0.25, 0.3) is 11.1 Å². The molecule has 0 N–H and O–H groups in total. The lowest BCUT2D eigenvalue weighted by molar-refractivity contribution is 0.0439. The minimum absolute atomic E-state index is 0.0276. The third-order valence-corrected chi connectivity index (χ3v) is 14.4. The average Bonchev–Trinajstić information content (AvgIpc) is 2.97. The number of pyridine rings is 1. The van der Waals surface area contributed by atoms with Crippen LogP contribution in [-0.4, -0.2) is 39.6 Å². The summed E-state index contributed by atoms with van der Waals surface area (Å²) in [4.78, 5) is 15.9. The van der Waals surface area contributed by atoms with Crippen molar-refractivity contribution in [1.29, 1.82) is 0 Å². The number of aromatic nitrogens is 1. The first kappa shape index (κ1) is 33.8. The van der Waals surface area contributed by atoms with Gasteiger partial charge in [-0.25, -0.2) is 9.78 Å². The molecular weight excluding hydrogens is 566 g/mol. The molecule has 0 spiro atoms. The number of esters is 1. The summed E-state index contributed by atoms with van der Waals surface area (Å²) in [5.41, 5.74) is 5.62. The lowest BCUT2D eigenvalue weighted by Crippen LogP contribution is -2.48. The Morgan fingerprint density at radius 1 is 0.929 bits per heavy atom. The second kappa shape index (κ2) is 15.7. The number of benzene rings is 2. The Bertz CT molecular complexity index is 1260. The van der Waals surface area contributed by atoms with Crippen molar-refractivity contribution in [1.82, 2.24) is 4.98 Å². The lowest BCUT2D eigenvalue weighted by atomic mass is 10.0. The van der Waals surface area contributed by atoms with Crippen LogP contribution in [0.1, 0.15) is 82.6 Å². The normalized spacial score (nSPS) is 12.7. The van der Waals surface area contributed by atoms with E-state index in [2.05, 4.69) is 58.7 Å². The van der Waals surface area contributed by atoms with Crippen LogP contribution in [0.15, 0.2) is 60.8 Å². The largest absolute Gasteiger partial charge is 0.489 e. The maximum atomic E-state index is 11.7. The van der Waals surface area contributed by atoms with E-state index in [1.807, 2.05) is 37.3 Å². The van der Waals surface area contributed by atoms with Crippen molar-refractivity contribution in [2.45, 2.75) is 84.2 Å². The molecule has 0 saturated carbocycles. The van der Waals surface area contributed by atoms with Crippen molar-refractivity contribution in [3.8, 4) is 16.9 Å². The summed E-state index contributed by atoms with van der Waals surface area (Å²) < 4.78 is 23.8. The first-order valence-electron chi connectivity index (χ1n) is 14.8. The molecular formula is C34H46ClNO5Si. The van der Waals surface area contributed by atoms with Gasteiger partial charge in [0.25, 0.3) is 0 Å². The van der Waals surface area contributed by atoms with Crippen LogP contribution >= 0.6 is 11.6 Å². The van der Waals surface area contributed by atoms with E-state index in [0.717, 1.165) is 34.4 Å². The van der Waals surface area contributed by atoms with E-state index in [-0.39, 0.29) is 11.8 Å². The van der Waals surface area contributed by atoms with Gasteiger partial charge in [0.2, 0.25) is 0 Å². The van der Waals surface area contributed by atoms with E-state index in [1.54, 1.807) is 18.3 Å². The third-order valence-electron chi connectivity index (χ3n) is 7.96. The fourth-order valence-electron chi connectivity index (χ4n) is 6.00. The number of halogens is 1. The van der Waals surface area contributed by atoms with Crippen molar-refractivity contribution < 1.29 is 23.4 Å². The zero-order valence-corrected chi connectivity index (χ0v) is 28.0. The van der Waals surface area contributed by atoms with Crippen LogP contribution in [0.5, 0.6) is 5.75 Å². The molecule has 0 fully saturated rings. The van der Waals surface area contributed by atoms with Gasteiger partial charge < -0.3 is 18.6 Å². The van der Waals surface area contributed by atoms with E-state index < -0.39 is 14.3 Å². The quantitative estimate of drug-likeness (QED) is 0.126. The van der Waals surface area contributed by atoms with E-state index >= 15 is 0 Å². The fraction of sp³-hybridized carbons (Fsp3) is 0.471. The van der Waals surface area contributed by atoms with Gasteiger partial charge in [-0.2, -0.15) is 0 Å². The minimum atomic E-state index is -1.91. The number of hydrogen-bond acceptors (Lipinski definition) is 6. The Morgan fingerprint density at radius 2 is 1.60 bits per heavy atom. The molecule has 0 bridgehead atoms. The molecule has 0 aliphatic carbocycles. The molecule has 228 valence electrons. The molecule has 3 rings (SSSR count). The highest BCUT2D eigenvalue weighted by Crippen LogP contribution is 2.42. The van der Waals surface area contributed by atoms with Crippen LogP contribution in [0.2, 0.25) is 21.6 Å². The van der Waals surface area contributed by atoms with Gasteiger partial charge in [0.15, 0.2) is 8.32 Å². The summed E-state index contributed by atoms with van der Waals surface area (Å²) >= 11 is 6.48. The summed E-state index contributed by atoms with van der Waals surface area (Å²) in [6, 6.07) is 17.3. The number of rotatable bonds is 15. The molecule has 1 aromatic heterocycles. The number of ether oxygens (including phenoxy) is 3. The van der Waals surface area contributed by atoms with Crippen molar-refractivity contribution >= 4 is 25.9 Å². The van der Waals surface area contributed by atoms with E-state index in [1.165, 1.54) is 7.11 Å². The molecule has 0 amide bonds. The Kier molecular flexibility index (Phi) is 12.6. The zero-order valence-electron chi connectivity index (χ0n) is 26.3. The van der Waals surface area contributed by atoms with Gasteiger partial charge in [-0.3, -0.25) is 0 Å². The molecule has 42 heavy (non-hydrogen) atoms. The summed E-state index contributed by atoms with van der Waals surface area (Å²) in [5.74, 6) is 0.297. The van der Waals surface area contributed by atoms with Crippen LogP contribution in [0.3, 0.4) is 0 Å². The highest BCUT2D eigenvalue weighted by atomic mass is 35.5. The van der Waals surface area contributed by atoms with E-state index in [0.29, 0.717) is 41.5 Å². The number of nitrogens with zero attached hydrogens (tertiary/aromatic N) is 1. The highest BCUT2D eigenvalue weighted by Gasteiger charge is 2.44. The third kappa shape index (κ3) is 8.22. The molecule has 1 atom stereocenters. The molecule has 0 radical (unpaired) electrons. The van der Waals surface area contributed by atoms with Gasteiger partial charge >= 0.3 is 5.97 Å². The summed E-state index contributed by atoms with van der Waals surface area (Å²) in [6.45, 7) is 17.7. The zero-order chi connectivity index (χ0) is 30.9. The summed E-state index contributed by atoms with van der Waals surface area (Å²) in [5, 5.41) is 0.594. The van der Waals surface area contributed by atoms with Crippen LogP contribution in [-0.2, 0) is 20.5 Å². The minimum Gasteiger partial charge on any atom is -0.489 e. The van der Waals surface area contributed by atoms with Crippen molar-refractivity contribution in [2.75, 3.05) is 20.3 Å². The number of methoxy groups -OCH3 is 1. The highest BCUT2D eigenvalue weighted by molar-refractivity contribution is 6.77. The van der Waals surface area contributed by atoms with Gasteiger partial charge in [-0.05, 0) is 71.4 Å². The van der Waals surface area contributed by atoms with Gasteiger partial charge in [-0.1, -0.05) is 77.4 Å². The molecule has 3 aromatic rings. The molecule has 1 heterocycles. The van der Waals surface area contributed by atoms with Crippen molar-refractivity contribution in [3.63, 3.8) is 0 Å². The lowest BCUT2D eigenvalue weighted by Gasteiger charge is -2.42. The molecule has 0 aliphatic rings. The Hall–Kier alpha value is -2.71. The maximum Gasteiger partial charge on any atom is 0.356 e. The van der Waals surface area contributed by atoms with E-state index in [9.17, 15) is 4.79 Å². The van der Waals surface area contributed by atoms with Crippen molar-refractivity contribution in [3.05, 3.63) is 82.6 Å². The summed E-state index contributed by atoms with van der Waals surface area (Å²) in [6.07, 6.45) is 2.41. The number of hydrogen-bond donors (Lipinski definition) is 0. The second-order valence-electron chi connectivity index (χ2n) is 11.5. The summed E-state index contributed by atoms with van der Waals surface area (Å²) in [7, 11) is -0.583. The van der Waals surface area contributed by atoms with Gasteiger partial charge in [0.05, 0.1) is 13.2 Å². The number of carbonyl (C=O) groups excluding carboxylic acids is 1. The topological polar surface area (TPSA) is 66.9 Å². The average molecular weight is 612 g/mol. The molecule has 0 unspecified atom stereocenters. The van der Waals surface area contributed by atoms with Gasteiger partial charge in [0, 0.05) is 35.6 Å². The first-order valence-corrected chi connectivity index (χ1v) is 17.4. The van der Waals surface area contributed by atoms with Gasteiger partial charge in [0.1, 0.15) is 18.1 Å². The first-order chi connectivity index (χ1) is 20.0. The molecule has 8 heteroatoms. The monoisotopic (exact) mass is 611 g/mol. The van der Waals surface area contributed by atoms with Crippen LogP contribution in [0, 0.1) is 0 Å². The standard InChI is InChI=1S/C34H46ClNO5Si/c1-9-39-33(18-19-41-42(23(2)3,24(4)5)25(6)7)27-11-14-29(15-12-27)40-22-26-10-16-31(35)30(20-26)28-13-17-32(36-21-28)34(37)38-8/h10-17,20-21,23-25,33H,9,18-19,22H2,1-8H3/t33-/m0/s1. The predicted octanol–water partition coefficient (Wildman–Crippen LogP) is 9.43. The number of carbonyl (C=O) groups is 1. The molecule has 0 aliphatic heterocycles. The van der Waals surface area contributed by atoms with Gasteiger partial charge in [-0.15, -0.1) is 0 Å². The molecule has 0 saturated heterocycles. The Labute approximate surface area is 257 Å². The maximum absolute atomic E-state index is 11.7.